The molecule has 0 fully saturated rings. The summed E-state index contributed by atoms with van der Waals surface area (Å²) in [7, 11) is 0. The molecule has 0 radical (unpaired) electrons. The topological polar surface area (TPSA) is 97.2 Å². The normalized spacial score (nSPS) is 9.89. The van der Waals surface area contributed by atoms with Gasteiger partial charge in [-0.15, -0.1) is 0 Å². The van der Waals surface area contributed by atoms with Gasteiger partial charge in [0.25, 0.3) is 0 Å². The fourth-order valence-corrected chi connectivity index (χ4v) is 1.41. The zero-order valence-electron chi connectivity index (χ0n) is 10.4. The number of hydrogen-bond donors (Lipinski definition) is 2. The maximum absolute atomic E-state index is 11.2. The van der Waals surface area contributed by atoms with Gasteiger partial charge in [-0.2, -0.15) is 0 Å². The van der Waals surface area contributed by atoms with Gasteiger partial charge in [0.05, 0.1) is 4.92 Å². The number of nitrogens with one attached hydrogen (secondary N) is 2. The first-order chi connectivity index (χ1) is 8.54. The maximum Gasteiger partial charge on any atom is 0.311 e. The Morgan fingerprint density at radius 1 is 1.56 bits per heavy atom. The number of amides is 1. The quantitative estimate of drug-likeness (QED) is 0.586. The number of hydrogen-bond acceptors (Lipinski definition) is 5. The Labute approximate surface area is 105 Å². The van der Waals surface area contributed by atoms with Crippen molar-refractivity contribution in [2.75, 3.05) is 18.4 Å². The fourth-order valence-electron chi connectivity index (χ4n) is 1.41. The second kappa shape index (κ2) is 6.53. The van der Waals surface area contributed by atoms with E-state index in [1.165, 1.54) is 6.07 Å². The van der Waals surface area contributed by atoms with Crippen LogP contribution in [0.5, 0.6) is 0 Å². The molecule has 0 aliphatic rings. The minimum absolute atomic E-state index is 0.0779. The molecular weight excluding hydrogens is 236 g/mol. The first-order valence-corrected chi connectivity index (χ1v) is 5.66. The molecule has 1 aromatic rings. The van der Waals surface area contributed by atoms with Crippen LogP contribution >= 0.6 is 0 Å². The van der Waals surface area contributed by atoms with Crippen molar-refractivity contribution in [3.05, 3.63) is 27.9 Å². The molecule has 0 atom stereocenters. The third-order valence-corrected chi connectivity index (χ3v) is 2.22. The monoisotopic (exact) mass is 252 g/mol. The average Bonchev–Trinajstić information content (AvgIpc) is 2.31. The summed E-state index contributed by atoms with van der Waals surface area (Å²) in [6.07, 6.45) is 1.79. The molecule has 1 aromatic heterocycles. The Morgan fingerprint density at radius 2 is 2.28 bits per heavy atom. The van der Waals surface area contributed by atoms with Crippen LogP contribution in [0.25, 0.3) is 0 Å². The molecule has 0 aromatic carbocycles. The van der Waals surface area contributed by atoms with Gasteiger partial charge in [0, 0.05) is 31.8 Å². The minimum Gasteiger partial charge on any atom is -0.364 e. The van der Waals surface area contributed by atoms with Crippen molar-refractivity contribution < 1.29 is 9.72 Å². The van der Waals surface area contributed by atoms with Crippen molar-refractivity contribution in [1.29, 1.82) is 0 Å². The number of pyridine rings is 1. The van der Waals surface area contributed by atoms with E-state index in [1.54, 1.807) is 13.1 Å². The molecule has 2 N–H and O–H groups in total. The van der Waals surface area contributed by atoms with Gasteiger partial charge in [-0.3, -0.25) is 14.9 Å². The van der Waals surface area contributed by atoms with Crippen LogP contribution in [-0.4, -0.2) is 28.9 Å². The second-order valence-corrected chi connectivity index (χ2v) is 3.77. The lowest BCUT2D eigenvalue weighted by atomic mass is 10.3. The number of nitro groups is 1. The SMILES string of the molecule is CCNC(=O)CCNc1ncc(C)cc1[N+](=O)[O-]. The third kappa shape index (κ3) is 4.00. The summed E-state index contributed by atoms with van der Waals surface area (Å²) in [5.41, 5.74) is 0.641. The molecule has 0 saturated heterocycles. The summed E-state index contributed by atoms with van der Waals surface area (Å²) in [6, 6.07) is 1.45. The molecule has 0 aliphatic heterocycles. The lowest BCUT2D eigenvalue weighted by Gasteiger charge is -2.06. The first-order valence-electron chi connectivity index (χ1n) is 5.66. The van der Waals surface area contributed by atoms with Gasteiger partial charge in [-0.25, -0.2) is 4.98 Å². The molecule has 1 amide bonds. The summed E-state index contributed by atoms with van der Waals surface area (Å²) in [6.45, 7) is 4.45. The van der Waals surface area contributed by atoms with Gasteiger partial charge in [0.15, 0.2) is 0 Å². The van der Waals surface area contributed by atoms with E-state index in [1.807, 2.05) is 6.92 Å². The Morgan fingerprint density at radius 3 is 2.89 bits per heavy atom. The molecular formula is C11H16N4O3. The van der Waals surface area contributed by atoms with E-state index in [9.17, 15) is 14.9 Å². The van der Waals surface area contributed by atoms with Gasteiger partial charge in [-0.1, -0.05) is 0 Å². The van der Waals surface area contributed by atoms with Crippen LogP contribution in [0.4, 0.5) is 11.5 Å². The standard InChI is InChI=1S/C11H16N4O3/c1-3-12-10(16)4-5-13-11-9(15(17)18)6-8(2)7-14-11/h6-7H,3-5H2,1-2H3,(H,12,16)(H,13,14). The summed E-state index contributed by atoms with van der Waals surface area (Å²) >= 11 is 0. The van der Waals surface area contributed by atoms with E-state index in [0.717, 1.165) is 5.56 Å². The van der Waals surface area contributed by atoms with Crippen molar-refractivity contribution in [3.63, 3.8) is 0 Å². The minimum atomic E-state index is -0.492. The molecule has 18 heavy (non-hydrogen) atoms. The molecule has 7 nitrogen and oxygen atoms in total. The Kier molecular flexibility index (Phi) is 5.04. The molecule has 0 unspecified atom stereocenters. The first kappa shape index (κ1) is 13.9. The predicted molar refractivity (Wildman–Crippen MR) is 67.4 cm³/mol. The smallest absolute Gasteiger partial charge is 0.311 e. The van der Waals surface area contributed by atoms with E-state index in [2.05, 4.69) is 15.6 Å². The van der Waals surface area contributed by atoms with E-state index < -0.39 is 4.92 Å². The largest absolute Gasteiger partial charge is 0.364 e. The van der Waals surface area contributed by atoms with E-state index in [0.29, 0.717) is 13.1 Å². The maximum atomic E-state index is 11.2. The van der Waals surface area contributed by atoms with Gasteiger partial charge in [-0.05, 0) is 19.4 Å². The van der Waals surface area contributed by atoms with E-state index >= 15 is 0 Å². The van der Waals surface area contributed by atoms with Crippen molar-refractivity contribution >= 4 is 17.4 Å². The fraction of sp³-hybridized carbons (Fsp3) is 0.455. The lowest BCUT2D eigenvalue weighted by Crippen LogP contribution is -2.25. The van der Waals surface area contributed by atoms with Crippen molar-refractivity contribution in [3.8, 4) is 0 Å². The highest BCUT2D eigenvalue weighted by molar-refractivity contribution is 5.76. The Balaban J connectivity index is 2.62. The lowest BCUT2D eigenvalue weighted by molar-refractivity contribution is -0.384. The summed E-state index contributed by atoms with van der Waals surface area (Å²) < 4.78 is 0. The molecule has 1 rings (SSSR count). The molecule has 0 bridgehead atoms. The van der Waals surface area contributed by atoms with Gasteiger partial charge in [0.1, 0.15) is 0 Å². The van der Waals surface area contributed by atoms with Crippen LogP contribution in [0.1, 0.15) is 18.9 Å². The zero-order chi connectivity index (χ0) is 13.5. The van der Waals surface area contributed by atoms with Crippen molar-refractivity contribution in [2.45, 2.75) is 20.3 Å². The van der Waals surface area contributed by atoms with Crippen LogP contribution in [-0.2, 0) is 4.79 Å². The molecule has 0 saturated carbocycles. The molecule has 1 heterocycles. The molecule has 7 heteroatoms. The number of carbonyl (C=O) groups excluding carboxylic acids is 1. The highest BCUT2D eigenvalue weighted by Gasteiger charge is 2.15. The van der Waals surface area contributed by atoms with Gasteiger partial charge in [0.2, 0.25) is 11.7 Å². The van der Waals surface area contributed by atoms with Crippen molar-refractivity contribution in [2.24, 2.45) is 0 Å². The average molecular weight is 252 g/mol. The molecule has 0 aliphatic carbocycles. The summed E-state index contributed by atoms with van der Waals surface area (Å²) in [4.78, 5) is 25.5. The number of nitrogens with zero attached hydrogens (tertiary/aromatic N) is 2. The Hall–Kier alpha value is -2.18. The number of aryl methyl sites for hydroxylation is 1. The van der Waals surface area contributed by atoms with Gasteiger partial charge >= 0.3 is 5.69 Å². The molecule has 0 spiro atoms. The second-order valence-electron chi connectivity index (χ2n) is 3.77. The number of carbonyl (C=O) groups is 1. The predicted octanol–water partition coefficient (Wildman–Crippen LogP) is 1.24. The zero-order valence-corrected chi connectivity index (χ0v) is 10.4. The van der Waals surface area contributed by atoms with Crippen LogP contribution in [0.15, 0.2) is 12.3 Å². The summed E-state index contributed by atoms with van der Waals surface area (Å²) in [5.74, 6) is 0.0923. The highest BCUT2D eigenvalue weighted by atomic mass is 16.6. The Bertz CT molecular complexity index is 448. The highest BCUT2D eigenvalue weighted by Crippen LogP contribution is 2.22. The van der Waals surface area contributed by atoms with Crippen LogP contribution in [0.2, 0.25) is 0 Å². The molecule has 98 valence electrons. The number of anilines is 1. The van der Waals surface area contributed by atoms with Gasteiger partial charge < -0.3 is 10.6 Å². The van der Waals surface area contributed by atoms with E-state index in [4.69, 9.17) is 0 Å². The third-order valence-electron chi connectivity index (χ3n) is 2.22. The summed E-state index contributed by atoms with van der Waals surface area (Å²) in [5, 5.41) is 16.3. The van der Waals surface area contributed by atoms with Crippen LogP contribution in [0.3, 0.4) is 0 Å². The van der Waals surface area contributed by atoms with Crippen molar-refractivity contribution in [1.82, 2.24) is 10.3 Å². The number of rotatable bonds is 6. The van der Waals surface area contributed by atoms with Crippen LogP contribution < -0.4 is 10.6 Å². The van der Waals surface area contributed by atoms with Crippen LogP contribution in [0, 0.1) is 17.0 Å². The number of aromatic nitrogens is 1. The van der Waals surface area contributed by atoms with E-state index in [-0.39, 0.29) is 23.8 Å².